The fourth-order valence-corrected chi connectivity index (χ4v) is 8.29. The molecule has 1 unspecified atom stereocenters. The molecule has 0 aliphatic rings. The quantitative estimate of drug-likeness (QED) is 0.143. The topological polar surface area (TPSA) is 0 Å². The predicted octanol–water partition coefficient (Wildman–Crippen LogP) is 10.1. The number of unbranched alkanes of at least 4 members (excludes halogenated alkanes) is 8. The van der Waals surface area contributed by atoms with Gasteiger partial charge in [-0.3, -0.25) is 0 Å². The van der Waals surface area contributed by atoms with Gasteiger partial charge in [-0.05, 0) is 111 Å². The first kappa shape index (κ1) is 30.1. The average Bonchev–Trinajstić information content (AvgIpc) is 2.87. The van der Waals surface area contributed by atoms with Crippen LogP contribution in [0.15, 0.2) is 30.3 Å². The van der Waals surface area contributed by atoms with E-state index in [1.807, 2.05) is 0 Å². The van der Waals surface area contributed by atoms with Crippen molar-refractivity contribution in [1.29, 1.82) is 0 Å². The van der Waals surface area contributed by atoms with Gasteiger partial charge in [-0.2, -0.15) is 0 Å². The van der Waals surface area contributed by atoms with Crippen molar-refractivity contribution in [3.63, 3.8) is 0 Å². The molecule has 0 aliphatic carbocycles. The van der Waals surface area contributed by atoms with Crippen molar-refractivity contribution < 1.29 is 0 Å². The highest BCUT2D eigenvalue weighted by molar-refractivity contribution is 7.73. The van der Waals surface area contributed by atoms with Gasteiger partial charge in [-0.15, -0.1) is 0 Å². The van der Waals surface area contributed by atoms with Gasteiger partial charge in [0.15, 0.2) is 0 Å². The second kappa shape index (κ2) is 17.3. The molecule has 2 aromatic rings. The summed E-state index contributed by atoms with van der Waals surface area (Å²) in [5, 5.41) is 3.37. The largest absolute Gasteiger partial charge is 0.0654 e. The van der Waals surface area contributed by atoms with Gasteiger partial charge >= 0.3 is 0 Å². The van der Waals surface area contributed by atoms with Crippen molar-refractivity contribution >= 4 is 18.5 Å². The SMILES string of the molecule is CCCCCCCCP(c1cccc(C)c1C)c1ccc(CCCC)c(CCCC)c1CCCC. The van der Waals surface area contributed by atoms with E-state index >= 15 is 0 Å². The molecule has 0 saturated heterocycles. The molecule has 0 N–H and O–H groups in total. The zero-order valence-corrected chi connectivity index (χ0v) is 25.0. The molecule has 0 radical (unpaired) electrons. The van der Waals surface area contributed by atoms with E-state index in [9.17, 15) is 0 Å². The normalized spacial score (nSPS) is 12.3. The maximum Gasteiger partial charge on any atom is -0.0160 e. The van der Waals surface area contributed by atoms with Gasteiger partial charge in [-0.1, -0.05) is 109 Å². The molecule has 1 atom stereocenters. The van der Waals surface area contributed by atoms with Gasteiger partial charge in [0.1, 0.15) is 0 Å². The summed E-state index contributed by atoms with van der Waals surface area (Å²) in [6, 6.07) is 12.2. The molecule has 2 aromatic carbocycles. The van der Waals surface area contributed by atoms with Crippen LogP contribution in [0.1, 0.15) is 133 Å². The predicted molar refractivity (Wildman–Crippen MR) is 163 cm³/mol. The first-order valence-corrected chi connectivity index (χ1v) is 16.6. The number of hydrogen-bond donors (Lipinski definition) is 0. The zero-order chi connectivity index (χ0) is 25.5. The summed E-state index contributed by atoms with van der Waals surface area (Å²) >= 11 is 0. The molecule has 0 aliphatic heterocycles. The lowest BCUT2D eigenvalue weighted by molar-refractivity contribution is 0.626. The molecule has 0 spiro atoms. The van der Waals surface area contributed by atoms with Crippen molar-refractivity contribution in [2.45, 2.75) is 138 Å². The molecule has 0 amide bonds. The molecule has 2 rings (SSSR count). The van der Waals surface area contributed by atoms with Gasteiger partial charge in [-0.25, -0.2) is 0 Å². The van der Waals surface area contributed by atoms with Crippen molar-refractivity contribution in [2.24, 2.45) is 0 Å². The van der Waals surface area contributed by atoms with Gasteiger partial charge in [0.2, 0.25) is 0 Å². The van der Waals surface area contributed by atoms with Crippen LogP contribution in [0.4, 0.5) is 0 Å². The van der Waals surface area contributed by atoms with Crippen LogP contribution in [0.25, 0.3) is 0 Å². The third-order valence-electron chi connectivity index (χ3n) is 7.76. The molecule has 0 heterocycles. The van der Waals surface area contributed by atoms with E-state index in [0.29, 0.717) is 0 Å². The van der Waals surface area contributed by atoms with E-state index in [1.165, 1.54) is 114 Å². The Bertz CT molecular complexity index is 850. The smallest absolute Gasteiger partial charge is 0.0160 e. The fraction of sp³-hybridized carbons (Fsp3) is 0.647. The fourth-order valence-electron chi connectivity index (χ4n) is 5.33. The molecule has 0 aromatic heterocycles. The van der Waals surface area contributed by atoms with Crippen LogP contribution in [0, 0.1) is 13.8 Å². The molecular weight excluding hydrogens is 439 g/mol. The molecule has 35 heavy (non-hydrogen) atoms. The van der Waals surface area contributed by atoms with Crippen molar-refractivity contribution in [3.05, 3.63) is 58.1 Å². The lowest BCUT2D eigenvalue weighted by Crippen LogP contribution is -2.23. The third-order valence-corrected chi connectivity index (χ3v) is 10.6. The second-order valence-corrected chi connectivity index (χ2v) is 12.9. The highest BCUT2D eigenvalue weighted by Crippen LogP contribution is 2.40. The van der Waals surface area contributed by atoms with E-state index in [-0.39, 0.29) is 7.92 Å². The third kappa shape index (κ3) is 9.35. The van der Waals surface area contributed by atoms with E-state index in [2.05, 4.69) is 71.9 Å². The lowest BCUT2D eigenvalue weighted by atomic mass is 9.91. The summed E-state index contributed by atoms with van der Waals surface area (Å²) in [4.78, 5) is 0. The first-order chi connectivity index (χ1) is 17.1. The molecule has 0 fully saturated rings. The number of rotatable bonds is 18. The summed E-state index contributed by atoms with van der Waals surface area (Å²) in [7, 11) is -0.306. The van der Waals surface area contributed by atoms with Gasteiger partial charge < -0.3 is 0 Å². The summed E-state index contributed by atoms with van der Waals surface area (Å²) < 4.78 is 0. The average molecular weight is 495 g/mol. The van der Waals surface area contributed by atoms with Gasteiger partial charge in [0.25, 0.3) is 0 Å². The van der Waals surface area contributed by atoms with Crippen molar-refractivity contribution in [1.82, 2.24) is 0 Å². The van der Waals surface area contributed by atoms with E-state index < -0.39 is 0 Å². The Balaban J connectivity index is 2.52. The Morgan fingerprint density at radius 3 is 1.83 bits per heavy atom. The Kier molecular flexibility index (Phi) is 14.9. The minimum absolute atomic E-state index is 0.306. The monoisotopic (exact) mass is 494 g/mol. The zero-order valence-electron chi connectivity index (χ0n) is 24.1. The van der Waals surface area contributed by atoms with Gasteiger partial charge in [0.05, 0.1) is 0 Å². The molecule has 0 bridgehead atoms. The molecule has 1 heteroatoms. The Morgan fingerprint density at radius 2 is 1.14 bits per heavy atom. The molecule has 0 saturated carbocycles. The number of benzene rings is 2. The van der Waals surface area contributed by atoms with E-state index in [4.69, 9.17) is 0 Å². The van der Waals surface area contributed by atoms with Crippen LogP contribution in [0.2, 0.25) is 0 Å². The maximum atomic E-state index is 2.59. The van der Waals surface area contributed by atoms with E-state index in [0.717, 1.165) is 0 Å². The lowest BCUT2D eigenvalue weighted by Gasteiger charge is -2.27. The first-order valence-electron chi connectivity index (χ1n) is 15.1. The minimum atomic E-state index is -0.306. The Labute approximate surface area is 220 Å². The molecular formula is C34H55P. The highest BCUT2D eigenvalue weighted by Gasteiger charge is 2.22. The number of hydrogen-bond acceptors (Lipinski definition) is 0. The summed E-state index contributed by atoms with van der Waals surface area (Å²) in [5.41, 5.74) is 8.15. The van der Waals surface area contributed by atoms with Crippen LogP contribution in [0.3, 0.4) is 0 Å². The highest BCUT2D eigenvalue weighted by atomic mass is 31.1. The van der Waals surface area contributed by atoms with Crippen LogP contribution in [-0.4, -0.2) is 6.16 Å². The standard InChI is InChI=1S/C34H55P/c1-7-11-15-16-17-18-27-35(33-24-19-20-28(5)29(33)6)34-26-25-30(21-12-8-2)31(22-13-9-3)32(34)23-14-10-4/h19-20,24-26H,7-18,21-23,27H2,1-6H3. The Morgan fingerprint density at radius 1 is 0.543 bits per heavy atom. The summed E-state index contributed by atoms with van der Waals surface area (Å²) in [5.74, 6) is 0. The van der Waals surface area contributed by atoms with Crippen molar-refractivity contribution in [3.8, 4) is 0 Å². The molecule has 196 valence electrons. The van der Waals surface area contributed by atoms with E-state index in [1.54, 1.807) is 27.3 Å². The second-order valence-electron chi connectivity index (χ2n) is 10.7. The molecule has 0 nitrogen and oxygen atoms in total. The van der Waals surface area contributed by atoms with Gasteiger partial charge in [0, 0.05) is 0 Å². The van der Waals surface area contributed by atoms with Crippen LogP contribution < -0.4 is 10.6 Å². The van der Waals surface area contributed by atoms with Crippen LogP contribution in [-0.2, 0) is 19.3 Å². The summed E-state index contributed by atoms with van der Waals surface area (Å²) in [6.45, 7) is 14.0. The summed E-state index contributed by atoms with van der Waals surface area (Å²) in [6.07, 6.45) is 21.3. The Hall–Kier alpha value is -1.13. The maximum absolute atomic E-state index is 2.59. The minimum Gasteiger partial charge on any atom is -0.0654 e. The van der Waals surface area contributed by atoms with Crippen LogP contribution >= 0.6 is 7.92 Å². The number of aryl methyl sites for hydroxylation is 2. The van der Waals surface area contributed by atoms with Crippen molar-refractivity contribution in [2.75, 3.05) is 6.16 Å². The van der Waals surface area contributed by atoms with Crippen LogP contribution in [0.5, 0.6) is 0 Å².